The zero-order chi connectivity index (χ0) is 27.4. The van der Waals surface area contributed by atoms with E-state index in [0.717, 1.165) is 29.7 Å². The summed E-state index contributed by atoms with van der Waals surface area (Å²) in [5, 5.41) is 16.5. The molecule has 2 unspecified atom stereocenters. The average molecular weight is 572 g/mol. The molecule has 0 fully saturated rings. The van der Waals surface area contributed by atoms with Crippen molar-refractivity contribution in [2.75, 3.05) is 10.6 Å². The van der Waals surface area contributed by atoms with Crippen molar-refractivity contribution in [1.82, 2.24) is 0 Å². The van der Waals surface area contributed by atoms with Crippen LogP contribution in [0.15, 0.2) is 83.8 Å². The summed E-state index contributed by atoms with van der Waals surface area (Å²) in [7, 11) is 0. The van der Waals surface area contributed by atoms with E-state index in [-0.39, 0.29) is 11.8 Å². The van der Waals surface area contributed by atoms with Crippen LogP contribution in [-0.2, 0) is 17.6 Å². The lowest BCUT2D eigenvalue weighted by molar-refractivity contribution is -0.115. The minimum atomic E-state index is -0.411. The lowest BCUT2D eigenvalue weighted by atomic mass is 9.83. The number of hydrogen-bond acceptors (Lipinski definition) is 5. The van der Waals surface area contributed by atoms with E-state index in [1.807, 2.05) is 31.2 Å². The van der Waals surface area contributed by atoms with Gasteiger partial charge in [-0.25, -0.2) is 0 Å². The summed E-state index contributed by atoms with van der Waals surface area (Å²) in [6.45, 7) is 1.84. The maximum Gasteiger partial charge on any atom is 0.255 e. The Morgan fingerprint density at radius 2 is 1.85 bits per heavy atom. The van der Waals surface area contributed by atoms with Crippen LogP contribution in [0.1, 0.15) is 51.2 Å². The van der Waals surface area contributed by atoms with Crippen molar-refractivity contribution in [1.29, 1.82) is 5.26 Å². The number of nitrogens with zero attached hydrogens (tertiary/aromatic N) is 1. The molecule has 2 N–H and O–H groups in total. The van der Waals surface area contributed by atoms with E-state index in [4.69, 9.17) is 11.6 Å². The highest BCUT2D eigenvalue weighted by Gasteiger charge is 2.28. The van der Waals surface area contributed by atoms with Gasteiger partial charge in [-0.1, -0.05) is 54.1 Å². The van der Waals surface area contributed by atoms with Gasteiger partial charge in [-0.3, -0.25) is 9.59 Å². The third kappa shape index (κ3) is 6.36. The highest BCUT2D eigenvalue weighted by Crippen LogP contribution is 2.42. The van der Waals surface area contributed by atoms with Crippen LogP contribution in [0.3, 0.4) is 0 Å². The van der Waals surface area contributed by atoms with Gasteiger partial charge in [-0.15, -0.1) is 23.1 Å². The highest BCUT2D eigenvalue weighted by molar-refractivity contribution is 8.00. The summed E-state index contributed by atoms with van der Waals surface area (Å²) in [5.74, 6) is 0.00211. The van der Waals surface area contributed by atoms with Gasteiger partial charge in [-0.2, -0.15) is 5.26 Å². The standard InChI is InChI=1S/C31H26ClN3O2S2/c1-19(38-25-12-6-11-24(17-25)34-30(37)22-9-5-10-23(32)15-22)29(36)35-31-27(18-33)26-14-13-21(16-28(26)39-31)20-7-3-2-4-8-20/h2-12,15,17,19,21H,13-14,16H2,1H3,(H,34,37)(H,35,36). The van der Waals surface area contributed by atoms with Crippen molar-refractivity contribution in [2.45, 2.75) is 42.2 Å². The fourth-order valence-electron chi connectivity index (χ4n) is 4.75. The van der Waals surface area contributed by atoms with E-state index in [1.54, 1.807) is 30.3 Å². The van der Waals surface area contributed by atoms with Crippen LogP contribution in [0.5, 0.6) is 0 Å². The molecule has 1 aromatic heterocycles. The van der Waals surface area contributed by atoms with E-state index in [0.29, 0.717) is 32.8 Å². The molecule has 0 saturated carbocycles. The molecule has 0 spiro atoms. The fraction of sp³-hybridized carbons (Fsp3) is 0.194. The second-order valence-electron chi connectivity index (χ2n) is 9.41. The summed E-state index contributed by atoms with van der Waals surface area (Å²) < 4.78 is 0. The smallest absolute Gasteiger partial charge is 0.255 e. The number of carbonyl (C=O) groups excluding carboxylic acids is 2. The molecule has 2 amide bonds. The predicted octanol–water partition coefficient (Wildman–Crippen LogP) is 7.92. The summed E-state index contributed by atoms with van der Waals surface area (Å²) in [4.78, 5) is 27.8. The molecule has 2 atom stereocenters. The molecule has 0 bridgehead atoms. The van der Waals surface area contributed by atoms with E-state index in [2.05, 4.69) is 41.0 Å². The summed E-state index contributed by atoms with van der Waals surface area (Å²) in [6.07, 6.45) is 2.71. The third-order valence-electron chi connectivity index (χ3n) is 6.75. The Morgan fingerprint density at radius 3 is 2.62 bits per heavy atom. The van der Waals surface area contributed by atoms with Crippen molar-refractivity contribution >= 4 is 57.2 Å². The van der Waals surface area contributed by atoms with Gasteiger partial charge in [0.1, 0.15) is 11.1 Å². The van der Waals surface area contributed by atoms with E-state index < -0.39 is 5.25 Å². The number of carbonyl (C=O) groups is 2. The minimum Gasteiger partial charge on any atom is -0.322 e. The SMILES string of the molecule is CC(Sc1cccc(NC(=O)c2cccc(Cl)c2)c1)C(=O)Nc1sc2c(c1C#N)CCC(c1ccccc1)C2. The molecule has 196 valence electrons. The van der Waals surface area contributed by atoms with Gasteiger partial charge in [0.25, 0.3) is 5.91 Å². The van der Waals surface area contributed by atoms with Crippen LogP contribution in [0, 0.1) is 11.3 Å². The molecule has 5 rings (SSSR count). The Kier molecular flexibility index (Phi) is 8.37. The average Bonchev–Trinajstić information content (AvgIpc) is 3.29. The van der Waals surface area contributed by atoms with Crippen molar-refractivity contribution in [2.24, 2.45) is 0 Å². The van der Waals surface area contributed by atoms with Gasteiger partial charge in [-0.05, 0) is 79.6 Å². The first-order chi connectivity index (χ1) is 18.9. The van der Waals surface area contributed by atoms with Crippen LogP contribution < -0.4 is 10.6 Å². The summed E-state index contributed by atoms with van der Waals surface area (Å²) >= 11 is 8.92. The molecule has 8 heteroatoms. The lowest BCUT2D eigenvalue weighted by Crippen LogP contribution is -2.22. The molecule has 1 aliphatic rings. The summed E-state index contributed by atoms with van der Waals surface area (Å²) in [5.41, 5.74) is 4.08. The van der Waals surface area contributed by atoms with Crippen LogP contribution >= 0.6 is 34.7 Å². The van der Waals surface area contributed by atoms with Gasteiger partial charge in [0, 0.05) is 26.0 Å². The zero-order valence-corrected chi connectivity index (χ0v) is 23.6. The Labute approximate surface area is 241 Å². The van der Waals surface area contributed by atoms with Crippen LogP contribution in [0.2, 0.25) is 5.02 Å². The van der Waals surface area contributed by atoms with Crippen molar-refractivity contribution in [3.8, 4) is 6.07 Å². The number of nitrogens with one attached hydrogen (secondary N) is 2. The maximum absolute atomic E-state index is 13.1. The molecule has 3 aromatic carbocycles. The molecule has 0 saturated heterocycles. The maximum atomic E-state index is 13.1. The number of thiophene rings is 1. The Hall–Kier alpha value is -3.57. The number of rotatable bonds is 7. The zero-order valence-electron chi connectivity index (χ0n) is 21.2. The van der Waals surface area contributed by atoms with Gasteiger partial charge in [0.15, 0.2) is 0 Å². The van der Waals surface area contributed by atoms with Crippen LogP contribution in [-0.4, -0.2) is 17.1 Å². The highest BCUT2D eigenvalue weighted by atomic mass is 35.5. The third-order valence-corrected chi connectivity index (χ3v) is 9.24. The Balaban J connectivity index is 1.24. The van der Waals surface area contributed by atoms with Gasteiger partial charge < -0.3 is 10.6 Å². The Bertz CT molecular complexity index is 1560. The second kappa shape index (κ2) is 12.1. The van der Waals surface area contributed by atoms with Crippen LogP contribution in [0.4, 0.5) is 10.7 Å². The molecule has 4 aromatic rings. The molecule has 1 heterocycles. The van der Waals surface area contributed by atoms with E-state index in [9.17, 15) is 14.9 Å². The van der Waals surface area contributed by atoms with E-state index in [1.165, 1.54) is 33.5 Å². The number of anilines is 2. The quantitative estimate of drug-likeness (QED) is 0.221. The molecule has 39 heavy (non-hydrogen) atoms. The largest absolute Gasteiger partial charge is 0.322 e. The van der Waals surface area contributed by atoms with Gasteiger partial charge in [0.2, 0.25) is 5.91 Å². The fourth-order valence-corrected chi connectivity index (χ4v) is 7.15. The first-order valence-corrected chi connectivity index (χ1v) is 14.7. The number of nitriles is 1. The Morgan fingerprint density at radius 1 is 1.05 bits per heavy atom. The van der Waals surface area contributed by atoms with Crippen molar-refractivity contribution in [3.05, 3.63) is 111 Å². The van der Waals surface area contributed by atoms with Gasteiger partial charge in [0.05, 0.1) is 10.8 Å². The number of halogens is 1. The first-order valence-electron chi connectivity index (χ1n) is 12.7. The number of benzene rings is 3. The number of fused-ring (bicyclic) bond motifs is 1. The molecule has 1 aliphatic carbocycles. The monoisotopic (exact) mass is 571 g/mol. The minimum absolute atomic E-state index is 0.164. The molecule has 5 nitrogen and oxygen atoms in total. The second-order valence-corrected chi connectivity index (χ2v) is 12.4. The predicted molar refractivity (Wildman–Crippen MR) is 160 cm³/mol. The van der Waals surface area contributed by atoms with Gasteiger partial charge >= 0.3 is 0 Å². The normalized spacial score (nSPS) is 15.1. The van der Waals surface area contributed by atoms with Crippen molar-refractivity contribution < 1.29 is 9.59 Å². The number of hydrogen-bond donors (Lipinski definition) is 2. The molecule has 0 aliphatic heterocycles. The summed E-state index contributed by atoms with van der Waals surface area (Å²) in [6, 6.07) is 26.9. The number of thioether (sulfide) groups is 1. The van der Waals surface area contributed by atoms with E-state index >= 15 is 0 Å². The molecular formula is C31H26ClN3O2S2. The topological polar surface area (TPSA) is 82.0 Å². The first kappa shape index (κ1) is 27.0. The lowest BCUT2D eigenvalue weighted by Gasteiger charge is -2.22. The number of amides is 2. The molecule has 0 radical (unpaired) electrons. The van der Waals surface area contributed by atoms with Crippen LogP contribution in [0.25, 0.3) is 0 Å². The van der Waals surface area contributed by atoms with Crippen molar-refractivity contribution in [3.63, 3.8) is 0 Å². The molecular weight excluding hydrogens is 546 g/mol.